The summed E-state index contributed by atoms with van der Waals surface area (Å²) in [7, 11) is -5.80. The predicted molar refractivity (Wildman–Crippen MR) is 88.9 cm³/mol. The van der Waals surface area contributed by atoms with Crippen LogP contribution >= 0.6 is 0 Å². The molecule has 1 heterocycles. The number of carbonyl (C=O) groups excluding carboxylic acids is 1. The van der Waals surface area contributed by atoms with E-state index in [1.807, 2.05) is 4.72 Å². The Morgan fingerprint density at radius 3 is 2.36 bits per heavy atom. The minimum atomic E-state index is -4.04. The lowest BCUT2D eigenvalue weighted by Crippen LogP contribution is -2.34. The van der Waals surface area contributed by atoms with E-state index in [0.29, 0.717) is 0 Å². The quantitative estimate of drug-likeness (QED) is 0.728. The molecular formula is C15H15NO7S2. The standard InChI is InChI=1S/C15H15NO7S2/c1-10-2-5-12(6-3-10)25(21,22)16-14(17)9-24(20)8-11-4-7-13(23-11)15(18)19/h2-7H,8-9H2,1H3,(H,16,17)(H,18,19). The van der Waals surface area contributed by atoms with Crippen molar-refractivity contribution in [3.8, 4) is 0 Å². The van der Waals surface area contributed by atoms with E-state index >= 15 is 0 Å². The monoisotopic (exact) mass is 385 g/mol. The summed E-state index contributed by atoms with van der Waals surface area (Å²) < 4.78 is 42.8. The summed E-state index contributed by atoms with van der Waals surface area (Å²) in [5.74, 6) is -3.13. The van der Waals surface area contributed by atoms with E-state index in [9.17, 15) is 22.2 Å². The van der Waals surface area contributed by atoms with E-state index in [0.717, 1.165) is 5.56 Å². The molecule has 0 saturated carbocycles. The third-order valence-electron chi connectivity index (χ3n) is 3.05. The number of carboxylic acids is 1. The number of rotatable bonds is 7. The van der Waals surface area contributed by atoms with Crippen LogP contribution in [0.25, 0.3) is 0 Å². The third kappa shape index (κ3) is 5.26. The van der Waals surface area contributed by atoms with Crippen molar-refractivity contribution in [3.05, 3.63) is 53.5 Å². The van der Waals surface area contributed by atoms with Crippen molar-refractivity contribution in [2.24, 2.45) is 0 Å². The van der Waals surface area contributed by atoms with Crippen molar-refractivity contribution < 1.29 is 31.7 Å². The molecule has 0 aliphatic rings. The van der Waals surface area contributed by atoms with Crippen molar-refractivity contribution in [2.45, 2.75) is 17.6 Å². The van der Waals surface area contributed by atoms with E-state index in [2.05, 4.69) is 0 Å². The van der Waals surface area contributed by atoms with Crippen molar-refractivity contribution in [3.63, 3.8) is 0 Å². The van der Waals surface area contributed by atoms with E-state index in [-0.39, 0.29) is 22.2 Å². The van der Waals surface area contributed by atoms with Crippen LogP contribution in [0.2, 0.25) is 0 Å². The smallest absolute Gasteiger partial charge is 0.371 e. The lowest BCUT2D eigenvalue weighted by Gasteiger charge is -2.07. The van der Waals surface area contributed by atoms with E-state index in [1.54, 1.807) is 19.1 Å². The summed E-state index contributed by atoms with van der Waals surface area (Å²) in [6, 6.07) is 8.44. The molecule has 25 heavy (non-hydrogen) atoms. The predicted octanol–water partition coefficient (Wildman–Crippen LogP) is 1.04. The van der Waals surface area contributed by atoms with Gasteiger partial charge < -0.3 is 9.52 Å². The molecule has 0 fully saturated rings. The Balaban J connectivity index is 1.95. The molecule has 1 aromatic carbocycles. The summed E-state index contributed by atoms with van der Waals surface area (Å²) >= 11 is 0. The number of benzene rings is 1. The fourth-order valence-electron chi connectivity index (χ4n) is 1.88. The van der Waals surface area contributed by atoms with Crippen molar-refractivity contribution in [2.75, 3.05) is 5.75 Å². The van der Waals surface area contributed by atoms with Gasteiger partial charge in [-0.1, -0.05) is 17.7 Å². The molecule has 2 aromatic rings. The lowest BCUT2D eigenvalue weighted by atomic mass is 10.2. The van der Waals surface area contributed by atoms with E-state index in [1.165, 1.54) is 24.3 Å². The van der Waals surface area contributed by atoms with Crippen LogP contribution in [0, 0.1) is 6.92 Å². The van der Waals surface area contributed by atoms with Gasteiger partial charge in [0.15, 0.2) is 0 Å². The topological polar surface area (TPSA) is 131 Å². The first-order valence-corrected chi connectivity index (χ1v) is 9.94. The number of amides is 1. The highest BCUT2D eigenvalue weighted by molar-refractivity contribution is 7.90. The Kier molecular flexibility index (Phi) is 5.75. The number of furan rings is 1. The van der Waals surface area contributed by atoms with Gasteiger partial charge in [0.25, 0.3) is 10.0 Å². The molecule has 2 N–H and O–H groups in total. The SMILES string of the molecule is Cc1ccc(S(=O)(=O)NC(=O)CS(=O)Cc2ccc(C(=O)O)o2)cc1. The van der Waals surface area contributed by atoms with Gasteiger partial charge in [0.1, 0.15) is 11.5 Å². The fraction of sp³-hybridized carbons (Fsp3) is 0.200. The molecule has 0 saturated heterocycles. The molecule has 2 rings (SSSR count). The number of hydrogen-bond donors (Lipinski definition) is 2. The Hall–Kier alpha value is -2.46. The number of aryl methyl sites for hydroxylation is 1. The van der Waals surface area contributed by atoms with Crippen LogP contribution in [0.5, 0.6) is 0 Å². The van der Waals surface area contributed by atoms with Gasteiger partial charge in [0.05, 0.1) is 10.6 Å². The fourth-order valence-corrected chi connectivity index (χ4v) is 3.90. The second-order valence-electron chi connectivity index (χ2n) is 5.14. The van der Waals surface area contributed by atoms with Crippen molar-refractivity contribution in [1.29, 1.82) is 0 Å². The third-order valence-corrected chi connectivity index (χ3v) is 5.63. The van der Waals surface area contributed by atoms with Gasteiger partial charge in [-0.2, -0.15) is 0 Å². The average Bonchev–Trinajstić information content (AvgIpc) is 2.95. The van der Waals surface area contributed by atoms with Crippen LogP contribution in [0.3, 0.4) is 0 Å². The maximum atomic E-state index is 12.1. The highest BCUT2D eigenvalue weighted by atomic mass is 32.2. The van der Waals surface area contributed by atoms with Crippen LogP contribution < -0.4 is 4.72 Å². The number of carboxylic acid groups (broad SMARTS) is 1. The minimum Gasteiger partial charge on any atom is -0.475 e. The van der Waals surface area contributed by atoms with Crippen LogP contribution in [-0.2, 0) is 31.4 Å². The molecule has 10 heteroatoms. The molecule has 0 radical (unpaired) electrons. The highest BCUT2D eigenvalue weighted by Gasteiger charge is 2.20. The molecule has 1 atom stereocenters. The average molecular weight is 385 g/mol. The molecular weight excluding hydrogens is 370 g/mol. The molecule has 1 aromatic heterocycles. The zero-order valence-corrected chi connectivity index (χ0v) is 14.7. The summed E-state index contributed by atoms with van der Waals surface area (Å²) in [4.78, 5) is 22.4. The summed E-state index contributed by atoms with van der Waals surface area (Å²) in [5, 5.41) is 8.73. The van der Waals surface area contributed by atoms with E-state index in [4.69, 9.17) is 9.52 Å². The number of sulfonamides is 1. The second kappa shape index (κ2) is 7.62. The highest BCUT2D eigenvalue weighted by Crippen LogP contribution is 2.12. The zero-order chi connectivity index (χ0) is 18.6. The molecule has 134 valence electrons. The first-order chi connectivity index (χ1) is 11.7. The van der Waals surface area contributed by atoms with Gasteiger partial charge in [-0.05, 0) is 31.2 Å². The first kappa shape index (κ1) is 18.9. The van der Waals surface area contributed by atoms with Gasteiger partial charge in [0, 0.05) is 10.8 Å². The molecule has 0 aliphatic heterocycles. The maximum Gasteiger partial charge on any atom is 0.371 e. The zero-order valence-electron chi connectivity index (χ0n) is 13.1. The Morgan fingerprint density at radius 2 is 1.80 bits per heavy atom. The van der Waals surface area contributed by atoms with Gasteiger partial charge in [-0.15, -0.1) is 0 Å². The van der Waals surface area contributed by atoms with Gasteiger partial charge in [-0.25, -0.2) is 17.9 Å². The summed E-state index contributed by atoms with van der Waals surface area (Å²) in [6.45, 7) is 1.79. The summed E-state index contributed by atoms with van der Waals surface area (Å²) in [6.07, 6.45) is 0. The molecule has 0 aliphatic carbocycles. The largest absolute Gasteiger partial charge is 0.475 e. The number of hydrogen-bond acceptors (Lipinski definition) is 6. The van der Waals surface area contributed by atoms with Crippen LogP contribution in [0.4, 0.5) is 0 Å². The second-order valence-corrected chi connectivity index (χ2v) is 8.28. The van der Waals surface area contributed by atoms with Crippen LogP contribution in [0.1, 0.15) is 21.9 Å². The van der Waals surface area contributed by atoms with Crippen LogP contribution in [0.15, 0.2) is 45.7 Å². The number of nitrogens with one attached hydrogen (secondary N) is 1. The van der Waals surface area contributed by atoms with Gasteiger partial charge in [-0.3, -0.25) is 9.00 Å². The molecule has 8 nitrogen and oxygen atoms in total. The normalized spacial score (nSPS) is 12.5. The van der Waals surface area contributed by atoms with Crippen molar-refractivity contribution >= 4 is 32.7 Å². The Labute approximate surface area is 146 Å². The molecule has 0 bridgehead atoms. The van der Waals surface area contributed by atoms with Crippen molar-refractivity contribution in [1.82, 2.24) is 4.72 Å². The maximum absolute atomic E-state index is 12.1. The molecule has 1 unspecified atom stereocenters. The van der Waals surface area contributed by atoms with Gasteiger partial charge >= 0.3 is 5.97 Å². The molecule has 1 amide bonds. The lowest BCUT2D eigenvalue weighted by molar-refractivity contribution is -0.116. The summed E-state index contributed by atoms with van der Waals surface area (Å²) in [5.41, 5.74) is 0.866. The van der Waals surface area contributed by atoms with Crippen LogP contribution in [-0.4, -0.2) is 35.4 Å². The van der Waals surface area contributed by atoms with Gasteiger partial charge in [0.2, 0.25) is 11.7 Å². The number of aromatic carboxylic acids is 1. The Morgan fingerprint density at radius 1 is 1.16 bits per heavy atom. The Bertz CT molecular complexity index is 914. The van der Waals surface area contributed by atoms with E-state index < -0.39 is 38.5 Å². The minimum absolute atomic E-state index is 0.0747. The molecule has 0 spiro atoms. The number of carbonyl (C=O) groups is 2. The first-order valence-electron chi connectivity index (χ1n) is 6.96.